The van der Waals surface area contributed by atoms with Gasteiger partial charge in [0.05, 0.1) is 18.3 Å². The van der Waals surface area contributed by atoms with Gasteiger partial charge < -0.3 is 14.2 Å². The average molecular weight is 354 g/mol. The summed E-state index contributed by atoms with van der Waals surface area (Å²) >= 11 is 0. The molecule has 0 N–H and O–H groups in total. The van der Waals surface area contributed by atoms with Crippen molar-refractivity contribution in [2.24, 2.45) is 70.0 Å². The Bertz CT molecular complexity index is 748. The van der Waals surface area contributed by atoms with Gasteiger partial charge in [0.1, 0.15) is 0 Å². The molecule has 3 nitrogen and oxygen atoms in total. The van der Waals surface area contributed by atoms with Crippen molar-refractivity contribution in [2.75, 3.05) is 7.11 Å². The summed E-state index contributed by atoms with van der Waals surface area (Å²) in [5.41, 5.74) is 0.872. The van der Waals surface area contributed by atoms with Crippen molar-refractivity contribution in [2.45, 2.75) is 63.6 Å². The first-order valence-electron chi connectivity index (χ1n) is 11.5. The molecule has 2 heterocycles. The Labute approximate surface area is 155 Å². The van der Waals surface area contributed by atoms with E-state index in [1.54, 1.807) is 0 Å². The average Bonchev–Trinajstić information content (AvgIpc) is 3.34. The van der Waals surface area contributed by atoms with Gasteiger partial charge in [-0.2, -0.15) is 0 Å². The molecule has 0 unspecified atom stereocenters. The van der Waals surface area contributed by atoms with Gasteiger partial charge in [-0.15, -0.1) is 0 Å². The van der Waals surface area contributed by atoms with Crippen molar-refractivity contribution in [3.63, 3.8) is 0 Å². The van der Waals surface area contributed by atoms with Gasteiger partial charge in [0, 0.05) is 24.4 Å². The molecule has 0 radical (unpaired) electrons. The SMILES string of the molecule is CO[C@H]1C[C@]23[C@H]4[C@@H]5[C@@H]6[C@@H]7[C@@H]8[C@@H](CC[C@H]8O[C@@H]2[C@]7(C)[C@H]5[C@@H]2CC[C@@H](O1)[C@@H]24)[C@@H]63. The van der Waals surface area contributed by atoms with Gasteiger partial charge in [-0.3, -0.25) is 0 Å². The normalized spacial score (nSPS) is 80.1. The Kier molecular flexibility index (Phi) is 1.99. The van der Waals surface area contributed by atoms with E-state index in [4.69, 9.17) is 14.2 Å². The van der Waals surface area contributed by atoms with Crippen LogP contribution in [0.3, 0.4) is 0 Å². The summed E-state index contributed by atoms with van der Waals surface area (Å²) in [6, 6.07) is 0. The molecular weight excluding hydrogens is 324 g/mol. The minimum Gasteiger partial charge on any atom is -0.373 e. The Hall–Kier alpha value is -0.120. The van der Waals surface area contributed by atoms with E-state index in [1.165, 1.54) is 25.7 Å². The van der Waals surface area contributed by atoms with Gasteiger partial charge in [0.15, 0.2) is 6.29 Å². The molecule has 26 heavy (non-hydrogen) atoms. The van der Waals surface area contributed by atoms with Gasteiger partial charge in [-0.25, -0.2) is 0 Å². The van der Waals surface area contributed by atoms with Crippen LogP contribution in [0.5, 0.6) is 0 Å². The molecule has 8 aliphatic carbocycles. The zero-order valence-corrected chi connectivity index (χ0v) is 15.8. The Morgan fingerprint density at radius 3 is 2.27 bits per heavy atom. The van der Waals surface area contributed by atoms with Crippen molar-refractivity contribution in [1.29, 1.82) is 0 Å². The van der Waals surface area contributed by atoms with Gasteiger partial charge in [-0.05, 0) is 84.9 Å². The second-order valence-corrected chi connectivity index (χ2v) is 12.0. The minimum absolute atomic E-state index is 0.0166. The predicted octanol–water partition coefficient (Wildman–Crippen LogP) is 3.33. The van der Waals surface area contributed by atoms with Crippen molar-refractivity contribution in [3.05, 3.63) is 0 Å². The maximum atomic E-state index is 7.19. The van der Waals surface area contributed by atoms with E-state index < -0.39 is 0 Å². The molecule has 0 amide bonds. The molecule has 0 aromatic carbocycles. The van der Waals surface area contributed by atoms with E-state index in [0.717, 1.165) is 65.6 Å². The Morgan fingerprint density at radius 1 is 0.769 bits per heavy atom. The number of hydrogen-bond donors (Lipinski definition) is 0. The molecule has 16 atom stereocenters. The van der Waals surface area contributed by atoms with Crippen LogP contribution in [-0.2, 0) is 14.2 Å². The monoisotopic (exact) mass is 354 g/mol. The highest BCUT2D eigenvalue weighted by Crippen LogP contribution is 2.93. The summed E-state index contributed by atoms with van der Waals surface area (Å²) in [6.45, 7) is 2.72. The van der Waals surface area contributed by atoms with Crippen LogP contribution in [0.25, 0.3) is 0 Å². The first-order valence-corrected chi connectivity index (χ1v) is 11.5. The van der Waals surface area contributed by atoms with Gasteiger partial charge in [0.2, 0.25) is 0 Å². The molecule has 8 saturated carbocycles. The highest BCUT2D eigenvalue weighted by molar-refractivity contribution is 5.40. The third kappa shape index (κ3) is 0.981. The molecule has 3 heteroatoms. The fourth-order valence-corrected chi connectivity index (χ4v) is 13.1. The van der Waals surface area contributed by atoms with Crippen LogP contribution in [0.4, 0.5) is 0 Å². The predicted molar refractivity (Wildman–Crippen MR) is 92.9 cm³/mol. The van der Waals surface area contributed by atoms with E-state index in [2.05, 4.69) is 6.92 Å². The first-order chi connectivity index (χ1) is 12.7. The fraction of sp³-hybridized carbons (Fsp3) is 1.00. The first kappa shape index (κ1) is 14.0. The van der Waals surface area contributed by atoms with Gasteiger partial charge >= 0.3 is 0 Å². The van der Waals surface area contributed by atoms with Gasteiger partial charge in [0.25, 0.3) is 0 Å². The number of rotatable bonds is 1. The number of ether oxygens (including phenoxy) is 3. The summed E-state index contributed by atoms with van der Waals surface area (Å²) < 4.78 is 19.8. The molecule has 0 aromatic rings. The van der Waals surface area contributed by atoms with Crippen molar-refractivity contribution in [1.82, 2.24) is 0 Å². The van der Waals surface area contributed by atoms with Crippen LogP contribution in [0.15, 0.2) is 0 Å². The van der Waals surface area contributed by atoms with E-state index in [-0.39, 0.29) is 6.29 Å². The lowest BCUT2D eigenvalue weighted by atomic mass is 9.48. The van der Waals surface area contributed by atoms with E-state index in [1.807, 2.05) is 7.11 Å². The molecule has 10 rings (SSSR count). The van der Waals surface area contributed by atoms with Crippen LogP contribution < -0.4 is 0 Å². The molecule has 2 aliphatic heterocycles. The standard InChI is InChI=1S/C23H30O3/c1-22-17-8-3-5-10-14(8)20-15(17)16-18-9-4-6-11(13(9)19(16)22)26-21(22)23(18,20)7-12(24-2)25-10/h8-21H,3-7H2,1-2H3/t8-,9-,10-,11-,12-,13-,14-,15-,16+,17+,18+,19+,20-,21-,22-,23+/m1/s1. The highest BCUT2D eigenvalue weighted by atomic mass is 16.7. The van der Waals surface area contributed by atoms with Crippen LogP contribution in [0.2, 0.25) is 0 Å². The molecule has 9 bridgehead atoms. The molecule has 10 aliphatic rings. The van der Waals surface area contributed by atoms with E-state index in [9.17, 15) is 0 Å². The summed E-state index contributed by atoms with van der Waals surface area (Å²) in [6.07, 6.45) is 8.29. The lowest BCUT2D eigenvalue weighted by Crippen LogP contribution is -2.64. The summed E-state index contributed by atoms with van der Waals surface area (Å²) in [5, 5.41) is 0. The lowest BCUT2D eigenvalue weighted by Gasteiger charge is -2.62. The van der Waals surface area contributed by atoms with E-state index in [0.29, 0.717) is 29.1 Å². The zero-order chi connectivity index (χ0) is 16.7. The molecule has 1 spiro atoms. The molecular formula is C23H30O3. The zero-order valence-electron chi connectivity index (χ0n) is 15.8. The molecule has 0 aromatic heterocycles. The van der Waals surface area contributed by atoms with Crippen molar-refractivity contribution >= 4 is 0 Å². The van der Waals surface area contributed by atoms with Crippen LogP contribution in [0, 0.1) is 70.0 Å². The summed E-state index contributed by atoms with van der Waals surface area (Å²) in [7, 11) is 1.89. The quantitative estimate of drug-likeness (QED) is 0.723. The van der Waals surface area contributed by atoms with Crippen LogP contribution >= 0.6 is 0 Å². The lowest BCUT2D eigenvalue weighted by molar-refractivity contribution is -0.265. The third-order valence-electron chi connectivity index (χ3n) is 12.4. The smallest absolute Gasteiger partial charge is 0.158 e. The molecule has 140 valence electrons. The molecule has 2 saturated heterocycles. The Morgan fingerprint density at radius 2 is 1.46 bits per heavy atom. The van der Waals surface area contributed by atoms with Crippen molar-refractivity contribution < 1.29 is 14.2 Å². The number of hydrogen-bond acceptors (Lipinski definition) is 3. The second kappa shape index (κ2) is 3.71. The van der Waals surface area contributed by atoms with Gasteiger partial charge in [-0.1, -0.05) is 6.92 Å². The highest BCUT2D eigenvalue weighted by Gasteiger charge is 2.93. The third-order valence-corrected chi connectivity index (χ3v) is 12.4. The van der Waals surface area contributed by atoms with E-state index >= 15 is 0 Å². The second-order valence-electron chi connectivity index (χ2n) is 12.0. The van der Waals surface area contributed by atoms with Crippen molar-refractivity contribution in [3.8, 4) is 0 Å². The maximum Gasteiger partial charge on any atom is 0.158 e. The summed E-state index contributed by atoms with van der Waals surface area (Å²) in [4.78, 5) is 0. The number of methoxy groups -OCH3 is 1. The largest absolute Gasteiger partial charge is 0.373 e. The van der Waals surface area contributed by atoms with Crippen LogP contribution in [0.1, 0.15) is 39.0 Å². The minimum atomic E-state index is 0.0166. The molecule has 10 fully saturated rings. The van der Waals surface area contributed by atoms with Crippen LogP contribution in [-0.4, -0.2) is 31.7 Å². The maximum absolute atomic E-state index is 7.19. The Balaban J connectivity index is 1.39. The summed E-state index contributed by atoms with van der Waals surface area (Å²) in [5.74, 6) is 9.56. The topological polar surface area (TPSA) is 27.7 Å². The fourth-order valence-electron chi connectivity index (χ4n) is 13.1.